The number of esters is 1. The van der Waals surface area contributed by atoms with E-state index in [0.29, 0.717) is 19.4 Å². The van der Waals surface area contributed by atoms with Gasteiger partial charge in [0.05, 0.1) is 19.7 Å². The van der Waals surface area contributed by atoms with E-state index in [-0.39, 0.29) is 5.97 Å². The van der Waals surface area contributed by atoms with Crippen molar-refractivity contribution >= 4 is 5.97 Å². The Bertz CT molecular complexity index is 452. The van der Waals surface area contributed by atoms with E-state index in [9.17, 15) is 9.90 Å². The van der Waals surface area contributed by atoms with Gasteiger partial charge in [0.15, 0.2) is 0 Å². The van der Waals surface area contributed by atoms with Gasteiger partial charge >= 0.3 is 5.97 Å². The van der Waals surface area contributed by atoms with Gasteiger partial charge in [-0.05, 0) is 18.4 Å². The number of hydrogen-bond acceptors (Lipinski definition) is 3. The Labute approximate surface area is 126 Å². The molecule has 0 spiro atoms. The fraction of sp³-hybridized carbons (Fsp3) is 0.588. The average Bonchev–Trinajstić information content (AvgIpc) is 2.87. The second-order valence-corrected chi connectivity index (χ2v) is 6.28. The minimum Gasteiger partial charge on any atom is -0.459 e. The average molecular weight is 292 g/mol. The normalized spacial score (nSPS) is 18.7. The highest BCUT2D eigenvalue weighted by molar-refractivity contribution is 5.80. The van der Waals surface area contributed by atoms with E-state index in [0.717, 1.165) is 24.9 Å². The molecule has 21 heavy (non-hydrogen) atoms. The van der Waals surface area contributed by atoms with Crippen molar-refractivity contribution in [3.05, 3.63) is 35.9 Å². The molecule has 1 aromatic rings. The van der Waals surface area contributed by atoms with Gasteiger partial charge in [0, 0.05) is 0 Å². The molecule has 116 valence electrons. The second kappa shape index (κ2) is 7.05. The lowest BCUT2D eigenvalue weighted by Gasteiger charge is -2.31. The van der Waals surface area contributed by atoms with Gasteiger partial charge in [-0.15, -0.1) is 0 Å². The highest BCUT2D eigenvalue weighted by atomic mass is 16.5. The molecule has 0 aliphatic heterocycles. The van der Waals surface area contributed by atoms with Crippen LogP contribution in [0.25, 0.3) is 0 Å². The van der Waals surface area contributed by atoms with E-state index >= 15 is 0 Å². The van der Waals surface area contributed by atoms with Crippen LogP contribution in [-0.2, 0) is 9.53 Å². The number of aliphatic hydroxyl groups is 1. The third kappa shape index (κ3) is 4.05. The molecule has 0 amide bonds. The largest absolute Gasteiger partial charge is 0.459 e. The standard InChI is InChI=1S/C17H25NO3/c1-18(2)12-13-21-16(19)15(14-8-4-3-5-9-14)17(20)10-6-7-11-17/h3-5,8-9,15,20H,6-7,10-13H2,1-2H3/p+1/t15-/m1/s1. The molecule has 0 aromatic heterocycles. The van der Waals surface area contributed by atoms with Crippen molar-refractivity contribution in [2.24, 2.45) is 0 Å². The van der Waals surface area contributed by atoms with Gasteiger partial charge in [-0.3, -0.25) is 4.79 Å². The summed E-state index contributed by atoms with van der Waals surface area (Å²) >= 11 is 0. The van der Waals surface area contributed by atoms with Crippen LogP contribution < -0.4 is 4.90 Å². The number of likely N-dealkylation sites (N-methyl/N-ethyl adjacent to an activating group) is 1. The first-order valence-corrected chi connectivity index (χ1v) is 7.76. The number of hydrogen-bond donors (Lipinski definition) is 2. The fourth-order valence-corrected chi connectivity index (χ4v) is 3.03. The molecular weight excluding hydrogens is 266 g/mol. The zero-order chi connectivity index (χ0) is 15.3. The molecule has 4 heteroatoms. The summed E-state index contributed by atoms with van der Waals surface area (Å²) < 4.78 is 5.43. The topological polar surface area (TPSA) is 51.0 Å². The molecule has 0 heterocycles. The Morgan fingerprint density at radius 3 is 2.48 bits per heavy atom. The molecule has 1 aliphatic rings. The maximum Gasteiger partial charge on any atom is 0.316 e. The molecule has 1 aliphatic carbocycles. The van der Waals surface area contributed by atoms with Gasteiger partial charge in [-0.2, -0.15) is 0 Å². The molecule has 1 atom stereocenters. The van der Waals surface area contributed by atoms with Gasteiger partial charge in [0.25, 0.3) is 0 Å². The zero-order valence-electron chi connectivity index (χ0n) is 13.0. The number of ether oxygens (including phenoxy) is 1. The number of quaternary nitrogens is 1. The van der Waals surface area contributed by atoms with Crippen LogP contribution in [0.1, 0.15) is 37.2 Å². The van der Waals surface area contributed by atoms with Crippen LogP contribution in [0.2, 0.25) is 0 Å². The maximum atomic E-state index is 12.5. The lowest BCUT2D eigenvalue weighted by molar-refractivity contribution is -0.858. The van der Waals surface area contributed by atoms with Crippen LogP contribution in [0.3, 0.4) is 0 Å². The Morgan fingerprint density at radius 2 is 1.90 bits per heavy atom. The predicted molar refractivity (Wildman–Crippen MR) is 81.2 cm³/mol. The molecule has 1 aromatic carbocycles. The molecule has 0 bridgehead atoms. The minimum absolute atomic E-state index is 0.299. The molecular formula is C17H26NO3+. The first-order valence-electron chi connectivity index (χ1n) is 7.76. The highest BCUT2D eigenvalue weighted by Crippen LogP contribution is 2.41. The van der Waals surface area contributed by atoms with E-state index in [1.54, 1.807) is 0 Å². The zero-order valence-corrected chi connectivity index (χ0v) is 13.0. The van der Waals surface area contributed by atoms with Gasteiger partial charge in [0.1, 0.15) is 19.1 Å². The predicted octanol–water partition coefficient (Wildman–Crippen LogP) is 0.763. The molecule has 1 fully saturated rings. The van der Waals surface area contributed by atoms with Crippen molar-refractivity contribution in [2.45, 2.75) is 37.2 Å². The van der Waals surface area contributed by atoms with E-state index in [1.165, 1.54) is 4.90 Å². The van der Waals surface area contributed by atoms with Gasteiger partial charge in [0.2, 0.25) is 0 Å². The van der Waals surface area contributed by atoms with Crippen molar-refractivity contribution in [3.63, 3.8) is 0 Å². The van der Waals surface area contributed by atoms with E-state index in [4.69, 9.17) is 4.74 Å². The van der Waals surface area contributed by atoms with Crippen molar-refractivity contribution < 1.29 is 19.5 Å². The Morgan fingerprint density at radius 1 is 1.29 bits per heavy atom. The number of nitrogens with one attached hydrogen (secondary N) is 1. The molecule has 2 rings (SSSR count). The third-order valence-electron chi connectivity index (χ3n) is 4.22. The summed E-state index contributed by atoms with van der Waals surface area (Å²) in [6, 6.07) is 9.52. The molecule has 2 N–H and O–H groups in total. The summed E-state index contributed by atoms with van der Waals surface area (Å²) in [4.78, 5) is 13.8. The van der Waals surface area contributed by atoms with E-state index < -0.39 is 11.5 Å². The number of carbonyl (C=O) groups excluding carboxylic acids is 1. The van der Waals surface area contributed by atoms with E-state index in [1.807, 2.05) is 44.4 Å². The third-order valence-corrected chi connectivity index (χ3v) is 4.22. The first kappa shape index (κ1) is 16.0. The fourth-order valence-electron chi connectivity index (χ4n) is 3.03. The van der Waals surface area contributed by atoms with Crippen LogP contribution in [0.4, 0.5) is 0 Å². The lowest BCUT2D eigenvalue weighted by Crippen LogP contribution is -3.06. The first-order chi connectivity index (χ1) is 10.0. The summed E-state index contributed by atoms with van der Waals surface area (Å²) in [6.07, 6.45) is 3.27. The summed E-state index contributed by atoms with van der Waals surface area (Å²) in [5, 5.41) is 10.9. The summed E-state index contributed by atoms with van der Waals surface area (Å²) in [7, 11) is 4.04. The van der Waals surface area contributed by atoms with Crippen LogP contribution in [0.5, 0.6) is 0 Å². The van der Waals surface area contributed by atoms with Crippen LogP contribution in [-0.4, -0.2) is 43.9 Å². The molecule has 4 nitrogen and oxygen atoms in total. The number of benzene rings is 1. The summed E-state index contributed by atoms with van der Waals surface area (Å²) in [6.45, 7) is 1.16. The summed E-state index contributed by atoms with van der Waals surface area (Å²) in [5.41, 5.74) is -0.104. The Kier molecular flexibility index (Phi) is 5.37. The smallest absolute Gasteiger partial charge is 0.316 e. The van der Waals surface area contributed by atoms with Crippen LogP contribution in [0, 0.1) is 0 Å². The lowest BCUT2D eigenvalue weighted by atomic mass is 9.81. The van der Waals surface area contributed by atoms with Gasteiger partial charge in [-0.1, -0.05) is 43.2 Å². The van der Waals surface area contributed by atoms with Crippen molar-refractivity contribution in [2.75, 3.05) is 27.2 Å². The minimum atomic E-state index is -0.955. The van der Waals surface area contributed by atoms with E-state index in [2.05, 4.69) is 0 Å². The molecule has 0 saturated heterocycles. The van der Waals surface area contributed by atoms with Gasteiger partial charge < -0.3 is 14.7 Å². The van der Waals surface area contributed by atoms with Crippen LogP contribution >= 0.6 is 0 Å². The second-order valence-electron chi connectivity index (χ2n) is 6.28. The highest BCUT2D eigenvalue weighted by Gasteiger charge is 2.45. The number of carbonyl (C=O) groups is 1. The van der Waals surface area contributed by atoms with Crippen molar-refractivity contribution in [1.29, 1.82) is 0 Å². The van der Waals surface area contributed by atoms with Crippen LogP contribution in [0.15, 0.2) is 30.3 Å². The quantitative estimate of drug-likeness (QED) is 0.761. The SMILES string of the molecule is C[NH+](C)CCOC(=O)[C@@H](c1ccccc1)C1(O)CCCC1. The Balaban J connectivity index is 2.14. The maximum absolute atomic E-state index is 12.5. The Hall–Kier alpha value is -1.39. The summed E-state index contributed by atoms with van der Waals surface area (Å²) in [5.74, 6) is -0.870. The monoisotopic (exact) mass is 292 g/mol. The molecule has 1 saturated carbocycles. The van der Waals surface area contributed by atoms with Crippen molar-refractivity contribution in [1.82, 2.24) is 0 Å². The van der Waals surface area contributed by atoms with Crippen molar-refractivity contribution in [3.8, 4) is 0 Å². The number of rotatable bonds is 6. The van der Waals surface area contributed by atoms with Gasteiger partial charge in [-0.25, -0.2) is 0 Å². The molecule has 0 unspecified atom stereocenters. The molecule has 0 radical (unpaired) electrons.